The summed E-state index contributed by atoms with van der Waals surface area (Å²) in [6.07, 6.45) is 12.9. The molecule has 0 aliphatic rings. The Morgan fingerprint density at radius 2 is 1.22 bits per heavy atom. The molecule has 0 aromatic heterocycles. The van der Waals surface area contributed by atoms with Crippen LogP contribution in [0.1, 0.15) is 69.4 Å². The van der Waals surface area contributed by atoms with Gasteiger partial charge in [0.1, 0.15) is 0 Å². The summed E-state index contributed by atoms with van der Waals surface area (Å²) in [5.74, 6) is 0. The van der Waals surface area contributed by atoms with Crippen LogP contribution in [0.2, 0.25) is 0 Å². The van der Waals surface area contributed by atoms with E-state index in [1.54, 1.807) is 0 Å². The van der Waals surface area contributed by atoms with E-state index in [4.69, 9.17) is 9.66 Å². The molecule has 1 aromatic rings. The van der Waals surface area contributed by atoms with Crippen molar-refractivity contribution in [3.63, 3.8) is 0 Å². The van der Waals surface area contributed by atoms with Crippen molar-refractivity contribution in [3.8, 4) is 0 Å². The molecule has 0 radical (unpaired) electrons. The predicted molar refractivity (Wildman–Crippen MR) is 96.2 cm³/mol. The fourth-order valence-corrected chi connectivity index (χ4v) is 2.27. The van der Waals surface area contributed by atoms with Gasteiger partial charge in [0, 0.05) is 0 Å². The van der Waals surface area contributed by atoms with Gasteiger partial charge in [-0.15, -0.1) is 0 Å². The molecule has 0 bridgehead atoms. The van der Waals surface area contributed by atoms with Crippen LogP contribution in [0.4, 0.5) is 0 Å². The van der Waals surface area contributed by atoms with Crippen molar-refractivity contribution in [1.82, 2.24) is 0 Å². The van der Waals surface area contributed by atoms with Gasteiger partial charge in [0.25, 0.3) is 10.1 Å². The Morgan fingerprint density at radius 3 is 1.65 bits per heavy atom. The fourth-order valence-electron chi connectivity index (χ4n) is 2.27. The van der Waals surface area contributed by atoms with Crippen molar-refractivity contribution in [1.29, 1.82) is 0 Å². The van der Waals surface area contributed by atoms with E-state index >= 15 is 0 Å². The molecular weight excluding hydrogens is 312 g/mol. The molecule has 0 spiro atoms. The summed E-state index contributed by atoms with van der Waals surface area (Å²) in [5.41, 5.74) is 2.41. The molecule has 23 heavy (non-hydrogen) atoms. The third-order valence-corrected chi connectivity index (χ3v) is 3.52. The molecule has 134 valence electrons. The minimum Gasteiger partial charge on any atom is -0.392 e. The fraction of sp³-hybridized carbons (Fsp3) is 0.667. The zero-order chi connectivity index (χ0) is 17.6. The molecule has 0 unspecified atom stereocenters. The van der Waals surface area contributed by atoms with Gasteiger partial charge in [-0.3, -0.25) is 4.55 Å². The lowest BCUT2D eigenvalue weighted by Gasteiger charge is -2.03. The highest BCUT2D eigenvalue weighted by Gasteiger charge is 1.95. The third kappa shape index (κ3) is 17.3. The number of benzene rings is 1. The second kappa shape index (κ2) is 13.5. The van der Waals surface area contributed by atoms with Gasteiger partial charge < -0.3 is 5.11 Å². The molecule has 0 aliphatic carbocycles. The first-order valence-electron chi connectivity index (χ1n) is 8.48. The zero-order valence-electron chi connectivity index (χ0n) is 14.5. The molecule has 1 aromatic carbocycles. The Bertz CT molecular complexity index is 472. The van der Waals surface area contributed by atoms with Crippen LogP contribution in [0.15, 0.2) is 24.3 Å². The third-order valence-electron chi connectivity index (χ3n) is 3.52. The van der Waals surface area contributed by atoms with Crippen molar-refractivity contribution in [2.45, 2.75) is 71.3 Å². The number of rotatable bonds is 10. The highest BCUT2D eigenvalue weighted by Crippen LogP contribution is 2.12. The second-order valence-electron chi connectivity index (χ2n) is 5.93. The molecular formula is C18H32O4S. The molecule has 2 N–H and O–H groups in total. The van der Waals surface area contributed by atoms with Gasteiger partial charge in [0.05, 0.1) is 12.9 Å². The van der Waals surface area contributed by atoms with E-state index in [0.29, 0.717) is 6.26 Å². The van der Waals surface area contributed by atoms with Gasteiger partial charge in [-0.2, -0.15) is 8.42 Å². The van der Waals surface area contributed by atoms with E-state index in [9.17, 15) is 8.42 Å². The number of hydrogen-bond acceptors (Lipinski definition) is 3. The number of aliphatic hydroxyl groups is 1. The van der Waals surface area contributed by atoms with Gasteiger partial charge in [-0.25, -0.2) is 0 Å². The van der Waals surface area contributed by atoms with Crippen LogP contribution < -0.4 is 0 Å². The Labute approximate surface area is 141 Å². The normalized spacial score (nSPS) is 11.0. The van der Waals surface area contributed by atoms with Crippen LogP contribution in [0.25, 0.3) is 0 Å². The van der Waals surface area contributed by atoms with Crippen LogP contribution >= 0.6 is 0 Å². The van der Waals surface area contributed by atoms with E-state index < -0.39 is 10.1 Å². The van der Waals surface area contributed by atoms with Crippen LogP contribution in [0.5, 0.6) is 0 Å². The molecule has 0 saturated carbocycles. The van der Waals surface area contributed by atoms with Crippen molar-refractivity contribution < 1.29 is 18.1 Å². The van der Waals surface area contributed by atoms with Crippen molar-refractivity contribution in [2.75, 3.05) is 6.26 Å². The number of aryl methyl sites for hydroxylation is 1. The van der Waals surface area contributed by atoms with E-state index in [1.807, 2.05) is 12.1 Å². The lowest BCUT2D eigenvalue weighted by molar-refractivity contribution is 0.282. The minimum absolute atomic E-state index is 0.151. The number of unbranched alkanes of at least 4 members (excludes halogenated alkanes) is 7. The topological polar surface area (TPSA) is 74.6 Å². The molecule has 4 nitrogen and oxygen atoms in total. The molecule has 0 aliphatic heterocycles. The highest BCUT2D eigenvalue weighted by atomic mass is 32.2. The minimum atomic E-state index is -3.67. The first-order chi connectivity index (χ1) is 10.9. The second-order valence-corrected chi connectivity index (χ2v) is 7.40. The van der Waals surface area contributed by atoms with E-state index in [2.05, 4.69) is 19.1 Å². The Hall–Kier alpha value is -0.910. The summed E-state index contributed by atoms with van der Waals surface area (Å²) < 4.78 is 25.9. The standard InChI is InChI=1S/C17H28O.CH4O3S/c1-2-3-4-5-6-7-8-9-10-16-11-13-17(15-18)14-12-16;1-5(2,3)4/h11-14,18H,2-10,15H2,1H3;1H3,(H,2,3,4). The lowest BCUT2D eigenvalue weighted by atomic mass is 10.0. The van der Waals surface area contributed by atoms with Crippen LogP contribution in [0.3, 0.4) is 0 Å². The molecule has 0 amide bonds. The monoisotopic (exact) mass is 344 g/mol. The SMILES string of the molecule is CCCCCCCCCCc1ccc(CO)cc1.CS(=O)(=O)O. The maximum atomic E-state index is 9.19. The smallest absolute Gasteiger partial charge is 0.261 e. The summed E-state index contributed by atoms with van der Waals surface area (Å²) in [5, 5.41) is 8.96. The van der Waals surface area contributed by atoms with Crippen LogP contribution in [0, 0.1) is 0 Å². The lowest BCUT2D eigenvalue weighted by Crippen LogP contribution is -1.88. The highest BCUT2D eigenvalue weighted by molar-refractivity contribution is 7.85. The Kier molecular flexibility index (Phi) is 13.0. The zero-order valence-corrected chi connectivity index (χ0v) is 15.3. The number of hydrogen-bond donors (Lipinski definition) is 2. The average Bonchev–Trinajstić information content (AvgIpc) is 2.49. The van der Waals surface area contributed by atoms with Gasteiger partial charge in [0.15, 0.2) is 0 Å². The molecule has 0 heterocycles. The predicted octanol–water partition coefficient (Wildman–Crippen LogP) is 4.37. The maximum absolute atomic E-state index is 9.19. The van der Waals surface area contributed by atoms with Gasteiger partial charge in [0.2, 0.25) is 0 Å². The molecule has 0 atom stereocenters. The Morgan fingerprint density at radius 1 is 0.826 bits per heavy atom. The van der Waals surface area contributed by atoms with Crippen molar-refractivity contribution in [2.24, 2.45) is 0 Å². The molecule has 5 heteroatoms. The first kappa shape index (κ1) is 22.1. The van der Waals surface area contributed by atoms with Gasteiger partial charge >= 0.3 is 0 Å². The van der Waals surface area contributed by atoms with Gasteiger partial charge in [-0.1, -0.05) is 76.1 Å². The van der Waals surface area contributed by atoms with Crippen molar-refractivity contribution in [3.05, 3.63) is 35.4 Å². The van der Waals surface area contributed by atoms with Crippen LogP contribution in [-0.4, -0.2) is 24.3 Å². The summed E-state index contributed by atoms with van der Waals surface area (Å²) >= 11 is 0. The largest absolute Gasteiger partial charge is 0.392 e. The van der Waals surface area contributed by atoms with E-state index in [-0.39, 0.29) is 6.61 Å². The summed E-state index contributed by atoms with van der Waals surface area (Å²) in [4.78, 5) is 0. The van der Waals surface area contributed by atoms with E-state index in [0.717, 1.165) is 5.56 Å². The summed E-state index contributed by atoms with van der Waals surface area (Å²) in [6.45, 7) is 2.42. The first-order valence-corrected chi connectivity index (χ1v) is 10.3. The summed E-state index contributed by atoms with van der Waals surface area (Å²) in [6, 6.07) is 8.35. The molecule has 1 rings (SSSR count). The Balaban J connectivity index is 0.000000841. The van der Waals surface area contributed by atoms with Gasteiger partial charge in [-0.05, 0) is 24.0 Å². The quantitative estimate of drug-likeness (QED) is 0.488. The molecule has 0 fully saturated rings. The number of aliphatic hydroxyl groups excluding tert-OH is 1. The van der Waals surface area contributed by atoms with E-state index in [1.165, 1.54) is 63.4 Å². The molecule has 0 saturated heterocycles. The van der Waals surface area contributed by atoms with Crippen molar-refractivity contribution >= 4 is 10.1 Å². The average molecular weight is 345 g/mol. The summed E-state index contributed by atoms with van der Waals surface area (Å²) in [7, 11) is -3.67. The van der Waals surface area contributed by atoms with Crippen LogP contribution in [-0.2, 0) is 23.1 Å². The maximum Gasteiger partial charge on any atom is 0.261 e.